The Labute approximate surface area is 157 Å². The van der Waals surface area contributed by atoms with Crippen LogP contribution in [-0.2, 0) is 16.1 Å². The number of hydrogen-bond acceptors (Lipinski definition) is 4. The summed E-state index contributed by atoms with van der Waals surface area (Å²) in [5, 5.41) is 0. The van der Waals surface area contributed by atoms with Crippen molar-refractivity contribution in [1.29, 1.82) is 0 Å². The van der Waals surface area contributed by atoms with Crippen molar-refractivity contribution in [2.45, 2.75) is 32.0 Å². The van der Waals surface area contributed by atoms with Gasteiger partial charge in [-0.25, -0.2) is 0 Å². The lowest BCUT2D eigenvalue weighted by Crippen LogP contribution is -2.47. The Kier molecular flexibility index (Phi) is 11.2. The Bertz CT molecular complexity index is 476. The molecule has 2 N–H and O–H groups in total. The lowest BCUT2D eigenvalue weighted by atomic mass is 10.1. The van der Waals surface area contributed by atoms with Gasteiger partial charge in [-0.15, -0.1) is 24.8 Å². The number of rotatable bonds is 5. The van der Waals surface area contributed by atoms with E-state index in [1.807, 2.05) is 11.0 Å². The minimum Gasteiger partial charge on any atom is -0.383 e. The van der Waals surface area contributed by atoms with Crippen molar-refractivity contribution in [3.8, 4) is 0 Å². The van der Waals surface area contributed by atoms with Crippen LogP contribution < -0.4 is 5.73 Å². The van der Waals surface area contributed by atoms with Crippen molar-refractivity contribution in [2.75, 3.05) is 33.4 Å². The summed E-state index contributed by atoms with van der Waals surface area (Å²) in [7, 11) is 1.57. The van der Waals surface area contributed by atoms with Crippen LogP contribution in [0.2, 0.25) is 0 Å². The molecule has 1 amide bonds. The zero-order valence-electron chi connectivity index (χ0n) is 14.4. The second-order valence-electron chi connectivity index (χ2n) is 5.98. The third-order valence-electron chi connectivity index (χ3n) is 4.30. The number of ether oxygens (including phenoxy) is 1. The molecule has 2 unspecified atom stereocenters. The predicted octanol–water partition coefficient (Wildman–Crippen LogP) is 1.93. The van der Waals surface area contributed by atoms with Crippen LogP contribution in [0.1, 0.15) is 18.9 Å². The molecule has 0 saturated carbocycles. The molecule has 2 rings (SSSR count). The Morgan fingerprint density at radius 2 is 1.92 bits per heavy atom. The summed E-state index contributed by atoms with van der Waals surface area (Å²) in [5.41, 5.74) is 7.18. The van der Waals surface area contributed by atoms with Crippen LogP contribution in [0, 0.1) is 0 Å². The molecule has 7 heteroatoms. The molecule has 0 aliphatic carbocycles. The van der Waals surface area contributed by atoms with Crippen molar-refractivity contribution in [3.63, 3.8) is 0 Å². The first-order valence-corrected chi connectivity index (χ1v) is 7.93. The largest absolute Gasteiger partial charge is 0.383 e. The number of carbonyl (C=O) groups excluding carboxylic acids is 1. The van der Waals surface area contributed by atoms with Gasteiger partial charge in [0.25, 0.3) is 0 Å². The van der Waals surface area contributed by atoms with E-state index in [9.17, 15) is 4.79 Å². The van der Waals surface area contributed by atoms with Gasteiger partial charge in [0.2, 0.25) is 5.91 Å². The van der Waals surface area contributed by atoms with E-state index >= 15 is 0 Å². The van der Waals surface area contributed by atoms with Gasteiger partial charge in [-0.05, 0) is 18.9 Å². The van der Waals surface area contributed by atoms with Gasteiger partial charge < -0.3 is 15.4 Å². The van der Waals surface area contributed by atoms with Crippen LogP contribution in [0.25, 0.3) is 0 Å². The predicted molar refractivity (Wildman–Crippen MR) is 102 cm³/mol. The van der Waals surface area contributed by atoms with Gasteiger partial charge in [-0.2, -0.15) is 0 Å². The number of amides is 1. The zero-order valence-corrected chi connectivity index (χ0v) is 16.0. The Morgan fingerprint density at radius 3 is 2.54 bits per heavy atom. The van der Waals surface area contributed by atoms with E-state index in [0.29, 0.717) is 6.04 Å². The fraction of sp³-hybridized carbons (Fsp3) is 0.588. The van der Waals surface area contributed by atoms with Crippen molar-refractivity contribution in [1.82, 2.24) is 9.80 Å². The molecule has 1 fully saturated rings. The lowest BCUT2D eigenvalue weighted by molar-refractivity contribution is -0.133. The van der Waals surface area contributed by atoms with E-state index in [-0.39, 0.29) is 37.3 Å². The van der Waals surface area contributed by atoms with E-state index in [2.05, 4.69) is 36.1 Å². The summed E-state index contributed by atoms with van der Waals surface area (Å²) in [4.78, 5) is 16.6. The fourth-order valence-corrected chi connectivity index (χ4v) is 2.87. The highest BCUT2D eigenvalue weighted by Crippen LogP contribution is 2.15. The maximum absolute atomic E-state index is 12.3. The number of benzene rings is 1. The van der Waals surface area contributed by atoms with Crippen molar-refractivity contribution < 1.29 is 9.53 Å². The van der Waals surface area contributed by atoms with Gasteiger partial charge >= 0.3 is 0 Å². The van der Waals surface area contributed by atoms with Gasteiger partial charge in [0, 0.05) is 39.3 Å². The molecule has 1 aromatic carbocycles. The first kappa shape index (κ1) is 23.1. The second kappa shape index (κ2) is 11.7. The molecule has 1 aromatic rings. The summed E-state index contributed by atoms with van der Waals surface area (Å²) >= 11 is 0. The van der Waals surface area contributed by atoms with Crippen LogP contribution in [0.3, 0.4) is 0 Å². The third kappa shape index (κ3) is 6.57. The van der Waals surface area contributed by atoms with E-state index in [4.69, 9.17) is 10.5 Å². The van der Waals surface area contributed by atoms with Crippen molar-refractivity contribution in [2.24, 2.45) is 5.73 Å². The van der Waals surface area contributed by atoms with Gasteiger partial charge in [0.05, 0.1) is 6.61 Å². The Morgan fingerprint density at radius 1 is 1.25 bits per heavy atom. The molecular weight excluding hydrogens is 349 g/mol. The van der Waals surface area contributed by atoms with Crippen LogP contribution in [0.5, 0.6) is 0 Å². The van der Waals surface area contributed by atoms with Crippen molar-refractivity contribution in [3.05, 3.63) is 35.9 Å². The van der Waals surface area contributed by atoms with Crippen LogP contribution in [0.15, 0.2) is 30.3 Å². The van der Waals surface area contributed by atoms with Gasteiger partial charge in [-0.1, -0.05) is 30.3 Å². The molecule has 138 valence electrons. The Hall–Kier alpha value is -0.850. The average molecular weight is 378 g/mol. The molecule has 0 radical (unpaired) electrons. The van der Waals surface area contributed by atoms with Crippen LogP contribution in [-0.4, -0.2) is 61.1 Å². The normalized spacial score (nSPS) is 19.6. The summed E-state index contributed by atoms with van der Waals surface area (Å²) in [5.74, 6) is -0.00406. The molecule has 2 atom stereocenters. The minimum atomic E-state index is -0.555. The topological polar surface area (TPSA) is 58.8 Å². The maximum atomic E-state index is 12.3. The highest BCUT2D eigenvalue weighted by molar-refractivity contribution is 5.85. The highest BCUT2D eigenvalue weighted by Gasteiger charge is 2.26. The molecule has 1 aliphatic rings. The number of hydrogen-bond donors (Lipinski definition) is 1. The second-order valence-corrected chi connectivity index (χ2v) is 5.98. The third-order valence-corrected chi connectivity index (χ3v) is 4.30. The smallest absolute Gasteiger partial charge is 0.241 e. The first-order chi connectivity index (χ1) is 10.6. The van der Waals surface area contributed by atoms with Gasteiger partial charge in [-0.3, -0.25) is 9.69 Å². The number of carbonyl (C=O) groups is 1. The van der Waals surface area contributed by atoms with Crippen LogP contribution in [0.4, 0.5) is 0 Å². The molecule has 1 heterocycles. The standard InChI is InChI=1S/C17H27N3O2.2ClH/c1-14-8-9-19(17(21)16(18)13-22-2)10-11-20(14)12-15-6-4-3-5-7-15;;/h3-7,14,16H,8-13,18H2,1-2H3;2*1H. The number of nitrogens with zero attached hydrogens (tertiary/aromatic N) is 2. The highest BCUT2D eigenvalue weighted by atomic mass is 35.5. The van der Waals surface area contributed by atoms with Crippen molar-refractivity contribution >= 4 is 30.7 Å². The monoisotopic (exact) mass is 377 g/mol. The van der Waals surface area contributed by atoms with E-state index in [1.165, 1.54) is 5.56 Å². The van der Waals surface area contributed by atoms with Crippen LogP contribution >= 0.6 is 24.8 Å². The summed E-state index contributed by atoms with van der Waals surface area (Å²) in [6.07, 6.45) is 0.971. The molecule has 1 aliphatic heterocycles. The fourth-order valence-electron chi connectivity index (χ4n) is 2.87. The number of halogens is 2. The summed E-state index contributed by atoms with van der Waals surface area (Å²) < 4.78 is 4.99. The van der Waals surface area contributed by atoms with Gasteiger partial charge in [0.1, 0.15) is 6.04 Å². The quantitative estimate of drug-likeness (QED) is 0.851. The number of nitrogens with two attached hydrogens (primary N) is 1. The van der Waals surface area contributed by atoms with E-state index < -0.39 is 6.04 Å². The van der Waals surface area contributed by atoms with E-state index in [0.717, 1.165) is 32.6 Å². The molecule has 0 aromatic heterocycles. The summed E-state index contributed by atoms with van der Waals surface area (Å²) in [6, 6.07) is 10.4. The lowest BCUT2D eigenvalue weighted by Gasteiger charge is -2.26. The Balaban J connectivity index is 0.00000264. The molecule has 1 saturated heterocycles. The molecule has 0 spiro atoms. The molecule has 24 heavy (non-hydrogen) atoms. The SMILES string of the molecule is COCC(N)C(=O)N1CCC(C)N(Cc2ccccc2)CC1.Cl.Cl. The number of methoxy groups -OCH3 is 1. The van der Waals surface area contributed by atoms with Gasteiger partial charge in [0.15, 0.2) is 0 Å². The average Bonchev–Trinajstić information content (AvgIpc) is 2.71. The first-order valence-electron chi connectivity index (χ1n) is 7.93. The minimum absolute atomic E-state index is 0. The summed E-state index contributed by atoms with van der Waals surface area (Å²) in [6.45, 7) is 5.80. The molecular formula is C17H29Cl2N3O2. The maximum Gasteiger partial charge on any atom is 0.241 e. The van der Waals surface area contributed by atoms with E-state index in [1.54, 1.807) is 7.11 Å². The zero-order chi connectivity index (χ0) is 15.9. The molecule has 0 bridgehead atoms. The molecule has 5 nitrogen and oxygen atoms in total.